The Kier molecular flexibility index (Phi) is 4.29. The van der Waals surface area contributed by atoms with Crippen LogP contribution in [0.1, 0.15) is 12.8 Å². The highest BCUT2D eigenvalue weighted by Gasteiger charge is 2.11. The summed E-state index contributed by atoms with van der Waals surface area (Å²) in [4.78, 5) is 0. The predicted molar refractivity (Wildman–Crippen MR) is 73.6 cm³/mol. The number of nitrogens with one attached hydrogen (secondary N) is 1. The lowest BCUT2D eigenvalue weighted by Gasteiger charge is -2.20. The van der Waals surface area contributed by atoms with E-state index in [0.29, 0.717) is 0 Å². The van der Waals surface area contributed by atoms with Gasteiger partial charge < -0.3 is 10.1 Å². The highest BCUT2D eigenvalue weighted by atomic mass is 79.9. The van der Waals surface area contributed by atoms with Crippen LogP contribution in [0.5, 0.6) is 0 Å². The highest BCUT2D eigenvalue weighted by molar-refractivity contribution is 9.11. The van der Waals surface area contributed by atoms with Crippen LogP contribution in [-0.2, 0) is 4.74 Å². The molecule has 4 heteroatoms. The molecule has 1 atom stereocenters. The van der Waals surface area contributed by atoms with Crippen molar-refractivity contribution < 1.29 is 4.74 Å². The number of ether oxygens (including phenoxy) is 1. The average molecular weight is 347 g/mol. The second kappa shape index (κ2) is 5.73. The number of allylic oxidation sites excluding steroid dienone is 1. The molecule has 2 rings (SSSR count). The number of benzene rings is 1. The molecule has 0 aromatic heterocycles. The summed E-state index contributed by atoms with van der Waals surface area (Å²) in [7, 11) is 0. The van der Waals surface area contributed by atoms with Crippen LogP contribution < -0.4 is 5.32 Å². The number of rotatable bonds is 3. The predicted octanol–water partition coefficient (Wildman–Crippen LogP) is 4.32. The minimum absolute atomic E-state index is 0.278. The minimum atomic E-state index is 0.278. The Balaban J connectivity index is 1.91. The lowest BCUT2D eigenvalue weighted by molar-refractivity contribution is 0.135. The van der Waals surface area contributed by atoms with Crippen molar-refractivity contribution in [2.45, 2.75) is 18.9 Å². The van der Waals surface area contributed by atoms with Crippen molar-refractivity contribution in [2.24, 2.45) is 0 Å². The summed E-state index contributed by atoms with van der Waals surface area (Å²) in [5, 5.41) is 3.38. The van der Waals surface area contributed by atoms with Crippen molar-refractivity contribution in [3.63, 3.8) is 0 Å². The summed E-state index contributed by atoms with van der Waals surface area (Å²) in [6.45, 7) is 0.838. The van der Waals surface area contributed by atoms with E-state index in [9.17, 15) is 0 Å². The Hall–Kier alpha value is -0.480. The van der Waals surface area contributed by atoms with E-state index in [0.717, 1.165) is 34.0 Å². The maximum absolute atomic E-state index is 5.50. The van der Waals surface area contributed by atoms with Gasteiger partial charge in [0.1, 0.15) is 6.10 Å². The maximum atomic E-state index is 5.50. The molecule has 1 N–H and O–H groups in total. The average Bonchev–Trinajstić information content (AvgIpc) is 2.29. The summed E-state index contributed by atoms with van der Waals surface area (Å²) >= 11 is 6.96. The summed E-state index contributed by atoms with van der Waals surface area (Å²) < 4.78 is 7.63. The van der Waals surface area contributed by atoms with Crippen LogP contribution in [-0.4, -0.2) is 12.6 Å². The minimum Gasteiger partial charge on any atom is -0.497 e. The van der Waals surface area contributed by atoms with Gasteiger partial charge in [-0.25, -0.2) is 0 Å². The second-order valence-corrected chi connectivity index (χ2v) is 5.48. The summed E-state index contributed by atoms with van der Waals surface area (Å²) in [6, 6.07) is 6.10. The molecule has 16 heavy (non-hydrogen) atoms. The first kappa shape index (κ1) is 12.0. The smallest absolute Gasteiger partial charge is 0.115 e. The van der Waals surface area contributed by atoms with Crippen molar-refractivity contribution in [2.75, 3.05) is 11.9 Å². The fourth-order valence-corrected chi connectivity index (χ4v) is 2.78. The number of halogens is 2. The van der Waals surface area contributed by atoms with Gasteiger partial charge in [-0.1, -0.05) is 15.9 Å². The molecule has 86 valence electrons. The zero-order valence-electron chi connectivity index (χ0n) is 8.75. The van der Waals surface area contributed by atoms with E-state index in [2.05, 4.69) is 43.3 Å². The molecule has 0 fully saturated rings. The van der Waals surface area contributed by atoms with Crippen LogP contribution in [0.25, 0.3) is 0 Å². The molecule has 1 aliphatic rings. The van der Waals surface area contributed by atoms with Gasteiger partial charge in [-0.15, -0.1) is 0 Å². The van der Waals surface area contributed by atoms with Crippen LogP contribution in [0.2, 0.25) is 0 Å². The summed E-state index contributed by atoms with van der Waals surface area (Å²) in [6.07, 6.45) is 6.32. The van der Waals surface area contributed by atoms with E-state index >= 15 is 0 Å². The Morgan fingerprint density at radius 3 is 2.94 bits per heavy atom. The molecule has 0 saturated carbocycles. The SMILES string of the molecule is Brc1ccc(NCC2CCC=CO2)c(Br)c1. The molecular weight excluding hydrogens is 334 g/mol. The van der Waals surface area contributed by atoms with Crippen molar-refractivity contribution in [1.82, 2.24) is 0 Å². The molecule has 1 heterocycles. The van der Waals surface area contributed by atoms with Gasteiger partial charge in [-0.3, -0.25) is 0 Å². The molecule has 2 nitrogen and oxygen atoms in total. The molecule has 1 unspecified atom stereocenters. The van der Waals surface area contributed by atoms with Crippen LogP contribution in [0.15, 0.2) is 39.5 Å². The maximum Gasteiger partial charge on any atom is 0.115 e. The molecule has 0 spiro atoms. The Morgan fingerprint density at radius 2 is 2.25 bits per heavy atom. The number of hydrogen-bond donors (Lipinski definition) is 1. The van der Waals surface area contributed by atoms with Gasteiger partial charge in [0.2, 0.25) is 0 Å². The number of anilines is 1. The Bertz CT molecular complexity index is 393. The van der Waals surface area contributed by atoms with Gasteiger partial charge in [0.25, 0.3) is 0 Å². The summed E-state index contributed by atoms with van der Waals surface area (Å²) in [5.41, 5.74) is 1.10. The first-order chi connectivity index (χ1) is 7.75. The van der Waals surface area contributed by atoms with Crippen molar-refractivity contribution >= 4 is 37.5 Å². The van der Waals surface area contributed by atoms with E-state index in [-0.39, 0.29) is 6.10 Å². The van der Waals surface area contributed by atoms with Crippen LogP contribution in [0.3, 0.4) is 0 Å². The Morgan fingerprint density at radius 1 is 1.38 bits per heavy atom. The molecule has 1 aliphatic heterocycles. The molecular formula is C12H13Br2NO. The highest BCUT2D eigenvalue weighted by Crippen LogP contribution is 2.26. The van der Waals surface area contributed by atoms with Gasteiger partial charge in [0.15, 0.2) is 0 Å². The molecule has 1 aromatic carbocycles. The van der Waals surface area contributed by atoms with Gasteiger partial charge in [-0.2, -0.15) is 0 Å². The van der Waals surface area contributed by atoms with Gasteiger partial charge in [-0.05, 0) is 53.0 Å². The molecule has 0 saturated heterocycles. The largest absolute Gasteiger partial charge is 0.497 e. The lowest BCUT2D eigenvalue weighted by Crippen LogP contribution is -2.23. The third kappa shape index (κ3) is 3.25. The molecule has 0 radical (unpaired) electrons. The quantitative estimate of drug-likeness (QED) is 0.880. The van der Waals surface area contributed by atoms with Crippen LogP contribution >= 0.6 is 31.9 Å². The first-order valence-electron chi connectivity index (χ1n) is 5.25. The van der Waals surface area contributed by atoms with Gasteiger partial charge in [0.05, 0.1) is 12.8 Å². The third-order valence-electron chi connectivity index (χ3n) is 2.47. The standard InChI is InChI=1S/C12H13Br2NO/c13-9-4-5-12(11(14)7-9)15-8-10-3-1-2-6-16-10/h2,4-7,10,15H,1,3,8H2. The van der Waals surface area contributed by atoms with E-state index < -0.39 is 0 Å². The van der Waals surface area contributed by atoms with Gasteiger partial charge >= 0.3 is 0 Å². The van der Waals surface area contributed by atoms with Crippen molar-refractivity contribution in [1.29, 1.82) is 0 Å². The normalized spacial score (nSPS) is 19.2. The molecule has 0 bridgehead atoms. The van der Waals surface area contributed by atoms with Crippen LogP contribution in [0.4, 0.5) is 5.69 Å². The first-order valence-corrected chi connectivity index (χ1v) is 6.84. The molecule has 0 aliphatic carbocycles. The van der Waals surface area contributed by atoms with Crippen molar-refractivity contribution in [3.8, 4) is 0 Å². The van der Waals surface area contributed by atoms with E-state index in [1.54, 1.807) is 6.26 Å². The second-order valence-electron chi connectivity index (χ2n) is 3.71. The fraction of sp³-hybridized carbons (Fsp3) is 0.333. The fourth-order valence-electron chi connectivity index (χ4n) is 1.59. The zero-order valence-corrected chi connectivity index (χ0v) is 11.9. The van der Waals surface area contributed by atoms with Crippen molar-refractivity contribution in [3.05, 3.63) is 39.5 Å². The molecule has 1 aromatic rings. The monoisotopic (exact) mass is 345 g/mol. The van der Waals surface area contributed by atoms with Crippen LogP contribution in [0, 0.1) is 0 Å². The van der Waals surface area contributed by atoms with Gasteiger partial charge in [0, 0.05) is 14.6 Å². The van der Waals surface area contributed by atoms with E-state index in [1.165, 1.54) is 0 Å². The number of hydrogen-bond acceptors (Lipinski definition) is 2. The topological polar surface area (TPSA) is 21.3 Å². The van der Waals surface area contributed by atoms with E-state index in [4.69, 9.17) is 4.74 Å². The molecule has 0 amide bonds. The Labute approximate surface area is 112 Å². The van der Waals surface area contributed by atoms with E-state index in [1.807, 2.05) is 18.2 Å². The third-order valence-corrected chi connectivity index (χ3v) is 3.62. The zero-order chi connectivity index (χ0) is 11.4. The summed E-state index contributed by atoms with van der Waals surface area (Å²) in [5.74, 6) is 0. The lowest BCUT2D eigenvalue weighted by atomic mass is 10.1.